The molecule has 1 aromatic heterocycles. The van der Waals surface area contributed by atoms with Crippen molar-refractivity contribution in [3.63, 3.8) is 0 Å². The average molecular weight is 237 g/mol. The molecule has 3 atom stereocenters. The topological polar surface area (TPSA) is 42.2 Å². The number of rotatable bonds is 3. The van der Waals surface area contributed by atoms with Crippen LogP contribution in [0.4, 0.5) is 0 Å². The molecule has 1 aliphatic heterocycles. The maximum atomic E-state index is 5.34. The van der Waals surface area contributed by atoms with E-state index in [4.69, 9.17) is 4.52 Å². The fraction of sp³-hybridized carbons (Fsp3) is 0.846. The number of aryl methyl sites for hydroxylation is 1. The highest BCUT2D eigenvalue weighted by Gasteiger charge is 2.28. The van der Waals surface area contributed by atoms with Gasteiger partial charge in [-0.3, -0.25) is 4.90 Å². The SMILES string of the molecule is CCc1noc(C(C)N2CC(C)CC(C)C2)n1. The van der Waals surface area contributed by atoms with Crippen molar-refractivity contribution in [2.75, 3.05) is 13.1 Å². The van der Waals surface area contributed by atoms with Crippen LogP contribution in [0.15, 0.2) is 4.52 Å². The van der Waals surface area contributed by atoms with Crippen LogP contribution in [0.1, 0.15) is 51.9 Å². The summed E-state index contributed by atoms with van der Waals surface area (Å²) in [6.07, 6.45) is 2.16. The molecule has 1 aromatic rings. The Kier molecular flexibility index (Phi) is 3.82. The van der Waals surface area contributed by atoms with Crippen LogP contribution in [0.5, 0.6) is 0 Å². The molecule has 0 spiro atoms. The van der Waals surface area contributed by atoms with Crippen LogP contribution in [0.25, 0.3) is 0 Å². The summed E-state index contributed by atoms with van der Waals surface area (Å²) >= 11 is 0. The first-order chi connectivity index (χ1) is 8.10. The average Bonchev–Trinajstić information content (AvgIpc) is 2.75. The van der Waals surface area contributed by atoms with E-state index in [9.17, 15) is 0 Å². The second kappa shape index (κ2) is 5.17. The Labute approximate surface area is 103 Å². The second-order valence-corrected chi connectivity index (χ2v) is 5.48. The van der Waals surface area contributed by atoms with Gasteiger partial charge < -0.3 is 4.52 Å². The molecule has 0 radical (unpaired) electrons. The van der Waals surface area contributed by atoms with E-state index in [1.54, 1.807) is 0 Å². The van der Waals surface area contributed by atoms with Crippen LogP contribution in [0.2, 0.25) is 0 Å². The van der Waals surface area contributed by atoms with E-state index >= 15 is 0 Å². The molecule has 3 unspecified atom stereocenters. The Bertz CT molecular complexity index is 353. The van der Waals surface area contributed by atoms with Gasteiger partial charge in [-0.2, -0.15) is 4.98 Å². The van der Waals surface area contributed by atoms with E-state index in [0.29, 0.717) is 0 Å². The predicted molar refractivity (Wildman–Crippen MR) is 66.6 cm³/mol. The van der Waals surface area contributed by atoms with Crippen molar-refractivity contribution >= 4 is 0 Å². The van der Waals surface area contributed by atoms with Crippen molar-refractivity contribution in [2.45, 2.75) is 46.6 Å². The van der Waals surface area contributed by atoms with Gasteiger partial charge in [-0.15, -0.1) is 0 Å². The molecular weight excluding hydrogens is 214 g/mol. The summed E-state index contributed by atoms with van der Waals surface area (Å²) in [4.78, 5) is 6.90. The second-order valence-electron chi connectivity index (χ2n) is 5.48. The van der Waals surface area contributed by atoms with Gasteiger partial charge in [0, 0.05) is 19.5 Å². The van der Waals surface area contributed by atoms with Crippen LogP contribution in [0, 0.1) is 11.8 Å². The smallest absolute Gasteiger partial charge is 0.243 e. The Balaban J connectivity index is 2.05. The third kappa shape index (κ3) is 2.86. The zero-order valence-corrected chi connectivity index (χ0v) is 11.3. The standard InChI is InChI=1S/C13H23N3O/c1-5-12-14-13(17-15-12)11(4)16-7-9(2)6-10(3)8-16/h9-11H,5-8H2,1-4H3. The van der Waals surface area contributed by atoms with E-state index in [2.05, 4.69) is 35.8 Å². The molecule has 0 saturated carbocycles. The van der Waals surface area contributed by atoms with Gasteiger partial charge in [0.15, 0.2) is 5.82 Å². The van der Waals surface area contributed by atoms with Crippen LogP contribution in [0.3, 0.4) is 0 Å². The van der Waals surface area contributed by atoms with Gasteiger partial charge >= 0.3 is 0 Å². The summed E-state index contributed by atoms with van der Waals surface area (Å²) in [5, 5.41) is 3.98. The lowest BCUT2D eigenvalue weighted by molar-refractivity contribution is 0.0866. The summed E-state index contributed by atoms with van der Waals surface area (Å²) in [6, 6.07) is 0.244. The molecule has 0 aromatic carbocycles. The molecule has 1 saturated heterocycles. The molecule has 0 aliphatic carbocycles. The molecule has 0 amide bonds. The van der Waals surface area contributed by atoms with Crippen molar-refractivity contribution in [1.29, 1.82) is 0 Å². The summed E-state index contributed by atoms with van der Waals surface area (Å²) in [6.45, 7) is 11.1. The molecule has 2 heterocycles. The van der Waals surface area contributed by atoms with Crippen LogP contribution >= 0.6 is 0 Å². The Morgan fingerprint density at radius 3 is 2.53 bits per heavy atom. The lowest BCUT2D eigenvalue weighted by Gasteiger charge is -2.37. The fourth-order valence-corrected chi connectivity index (χ4v) is 2.76. The molecule has 1 fully saturated rings. The van der Waals surface area contributed by atoms with E-state index in [0.717, 1.165) is 43.1 Å². The van der Waals surface area contributed by atoms with Gasteiger partial charge in [-0.25, -0.2) is 0 Å². The summed E-state index contributed by atoms with van der Waals surface area (Å²) < 4.78 is 5.34. The van der Waals surface area contributed by atoms with Crippen molar-refractivity contribution in [2.24, 2.45) is 11.8 Å². The fourth-order valence-electron chi connectivity index (χ4n) is 2.76. The minimum atomic E-state index is 0.244. The molecule has 1 aliphatic rings. The third-order valence-corrected chi connectivity index (χ3v) is 3.60. The lowest BCUT2D eigenvalue weighted by Crippen LogP contribution is -2.40. The minimum Gasteiger partial charge on any atom is -0.338 e. The van der Waals surface area contributed by atoms with Crippen molar-refractivity contribution in [3.8, 4) is 0 Å². The molecule has 4 heteroatoms. The summed E-state index contributed by atoms with van der Waals surface area (Å²) in [5.41, 5.74) is 0. The maximum absolute atomic E-state index is 5.34. The van der Waals surface area contributed by atoms with E-state index < -0.39 is 0 Å². The van der Waals surface area contributed by atoms with Gasteiger partial charge in [0.2, 0.25) is 5.89 Å². The number of piperidine rings is 1. The Hall–Kier alpha value is -0.900. The summed E-state index contributed by atoms with van der Waals surface area (Å²) in [5.74, 6) is 3.10. The van der Waals surface area contributed by atoms with Gasteiger partial charge in [-0.05, 0) is 25.2 Å². The third-order valence-electron chi connectivity index (χ3n) is 3.60. The molecule has 4 nitrogen and oxygen atoms in total. The van der Waals surface area contributed by atoms with Crippen LogP contribution in [-0.2, 0) is 6.42 Å². The Morgan fingerprint density at radius 2 is 2.00 bits per heavy atom. The van der Waals surface area contributed by atoms with Crippen LogP contribution in [-0.4, -0.2) is 28.1 Å². The first-order valence-electron chi connectivity index (χ1n) is 6.66. The minimum absolute atomic E-state index is 0.244. The molecule has 2 rings (SSSR count). The van der Waals surface area contributed by atoms with Crippen molar-refractivity contribution in [1.82, 2.24) is 15.0 Å². The first kappa shape index (κ1) is 12.6. The van der Waals surface area contributed by atoms with Crippen LogP contribution < -0.4 is 0 Å². The van der Waals surface area contributed by atoms with E-state index in [-0.39, 0.29) is 6.04 Å². The molecule has 17 heavy (non-hydrogen) atoms. The van der Waals surface area contributed by atoms with E-state index in [1.165, 1.54) is 6.42 Å². The van der Waals surface area contributed by atoms with E-state index in [1.807, 2.05) is 6.92 Å². The zero-order chi connectivity index (χ0) is 12.4. The Morgan fingerprint density at radius 1 is 1.35 bits per heavy atom. The normalized spacial score (nSPS) is 28.2. The van der Waals surface area contributed by atoms with Crippen molar-refractivity contribution in [3.05, 3.63) is 11.7 Å². The highest BCUT2D eigenvalue weighted by atomic mass is 16.5. The highest BCUT2D eigenvalue weighted by molar-refractivity contribution is 4.93. The monoisotopic (exact) mass is 237 g/mol. The van der Waals surface area contributed by atoms with Gasteiger partial charge in [0.25, 0.3) is 0 Å². The van der Waals surface area contributed by atoms with Gasteiger partial charge in [-0.1, -0.05) is 25.9 Å². The van der Waals surface area contributed by atoms with Gasteiger partial charge in [0.05, 0.1) is 6.04 Å². The number of nitrogens with zero attached hydrogens (tertiary/aromatic N) is 3. The molecule has 0 N–H and O–H groups in total. The number of hydrogen-bond acceptors (Lipinski definition) is 4. The number of hydrogen-bond donors (Lipinski definition) is 0. The first-order valence-corrected chi connectivity index (χ1v) is 6.66. The number of likely N-dealkylation sites (tertiary alicyclic amines) is 1. The molecule has 96 valence electrons. The maximum Gasteiger partial charge on any atom is 0.243 e. The predicted octanol–water partition coefficient (Wildman–Crippen LogP) is 2.67. The zero-order valence-electron chi connectivity index (χ0n) is 11.3. The molecular formula is C13H23N3O. The highest BCUT2D eigenvalue weighted by Crippen LogP contribution is 2.28. The number of aromatic nitrogens is 2. The summed E-state index contributed by atoms with van der Waals surface area (Å²) in [7, 11) is 0. The quantitative estimate of drug-likeness (QED) is 0.810. The van der Waals surface area contributed by atoms with Crippen molar-refractivity contribution < 1.29 is 4.52 Å². The lowest BCUT2D eigenvalue weighted by atomic mass is 9.91. The van der Waals surface area contributed by atoms with Gasteiger partial charge in [0.1, 0.15) is 0 Å². The molecule has 0 bridgehead atoms. The largest absolute Gasteiger partial charge is 0.338 e.